The van der Waals surface area contributed by atoms with Gasteiger partial charge in [-0.3, -0.25) is 0 Å². The van der Waals surface area contributed by atoms with Crippen molar-refractivity contribution in [2.75, 3.05) is 29.0 Å². The molecule has 1 unspecified atom stereocenters. The van der Waals surface area contributed by atoms with Crippen molar-refractivity contribution in [3.8, 4) is 0 Å². The maximum absolute atomic E-state index is 13.2. The molecular weight excluding hydrogens is 497 g/mol. The van der Waals surface area contributed by atoms with Gasteiger partial charge >= 0.3 is 12.3 Å². The summed E-state index contributed by atoms with van der Waals surface area (Å²) >= 11 is 0. The van der Waals surface area contributed by atoms with Gasteiger partial charge in [0.2, 0.25) is 5.95 Å². The van der Waals surface area contributed by atoms with Gasteiger partial charge in [-0.15, -0.1) is 12.4 Å². The maximum atomic E-state index is 13.2. The fourth-order valence-electron chi connectivity index (χ4n) is 3.92. The van der Waals surface area contributed by atoms with E-state index in [4.69, 9.17) is 10.5 Å². The molecule has 0 bridgehead atoms. The van der Waals surface area contributed by atoms with Crippen molar-refractivity contribution >= 4 is 52.5 Å². The van der Waals surface area contributed by atoms with Crippen LogP contribution >= 0.6 is 12.4 Å². The first kappa shape index (κ1) is 27.1. The molecule has 1 saturated heterocycles. The van der Waals surface area contributed by atoms with Gasteiger partial charge in [-0.25, -0.2) is 9.78 Å². The largest absolute Gasteiger partial charge is 0.444 e. The second kappa shape index (κ2) is 10.3. The average molecular weight is 525 g/mol. The first-order chi connectivity index (χ1) is 16.4. The summed E-state index contributed by atoms with van der Waals surface area (Å²) in [5.41, 5.74) is 4.95. The highest BCUT2D eigenvalue weighted by molar-refractivity contribution is 5.91. The summed E-state index contributed by atoms with van der Waals surface area (Å²) in [6.07, 6.45) is -4.33. The SMILES string of the molecule is CC(C)(C)OC(=O)NC1CCN(c2nc(Nc3cc(N)cc(C(F)(F)F)c3)nc3ccccc23)C1.Cl. The molecule has 2 heterocycles. The summed E-state index contributed by atoms with van der Waals surface area (Å²) < 4.78 is 45.0. The third kappa shape index (κ3) is 6.60. The molecule has 194 valence electrons. The first-order valence-corrected chi connectivity index (χ1v) is 11.1. The molecule has 0 saturated carbocycles. The fourth-order valence-corrected chi connectivity index (χ4v) is 3.92. The molecule has 1 atom stereocenters. The van der Waals surface area contributed by atoms with Crippen molar-refractivity contribution in [3.63, 3.8) is 0 Å². The predicted octanol–water partition coefficient (Wildman–Crippen LogP) is 5.50. The van der Waals surface area contributed by atoms with E-state index in [2.05, 4.69) is 20.6 Å². The predicted molar refractivity (Wildman–Crippen MR) is 136 cm³/mol. The summed E-state index contributed by atoms with van der Waals surface area (Å²) in [4.78, 5) is 23.3. The molecule has 12 heteroatoms. The molecule has 0 spiro atoms. The number of hydrogen-bond donors (Lipinski definition) is 3. The third-order valence-electron chi connectivity index (χ3n) is 5.33. The van der Waals surface area contributed by atoms with Crippen LogP contribution < -0.4 is 21.3 Å². The Morgan fingerprint density at radius 3 is 2.56 bits per heavy atom. The molecule has 1 aliphatic heterocycles. The Bertz CT molecular complexity index is 1250. The van der Waals surface area contributed by atoms with Gasteiger partial charge in [-0.05, 0) is 57.5 Å². The van der Waals surface area contributed by atoms with Crippen LogP contribution in [0.2, 0.25) is 0 Å². The van der Waals surface area contributed by atoms with Gasteiger partial charge < -0.3 is 26.0 Å². The van der Waals surface area contributed by atoms with Crippen LogP contribution in [-0.4, -0.2) is 40.8 Å². The number of amides is 1. The molecule has 4 N–H and O–H groups in total. The summed E-state index contributed by atoms with van der Waals surface area (Å²) in [5.74, 6) is 0.757. The Morgan fingerprint density at radius 2 is 1.86 bits per heavy atom. The van der Waals surface area contributed by atoms with E-state index in [9.17, 15) is 18.0 Å². The smallest absolute Gasteiger partial charge is 0.416 e. The number of benzene rings is 2. The number of nitrogens with zero attached hydrogens (tertiary/aromatic N) is 3. The minimum absolute atomic E-state index is 0. The van der Waals surface area contributed by atoms with Crippen LogP contribution in [-0.2, 0) is 10.9 Å². The van der Waals surface area contributed by atoms with E-state index in [1.165, 1.54) is 6.07 Å². The standard InChI is InChI=1S/C24H27F3N6O2.ClH/c1-23(2,3)35-22(34)30-16-8-9-33(13-16)20-18-6-4-5-7-19(18)31-21(32-20)29-17-11-14(24(25,26)27)10-15(28)12-17;/h4-7,10-12,16H,8-9,13,28H2,1-3H3,(H,30,34)(H,29,31,32);1H. The number of hydrogen-bond acceptors (Lipinski definition) is 7. The quantitative estimate of drug-likeness (QED) is 0.387. The Morgan fingerprint density at radius 1 is 1.14 bits per heavy atom. The van der Waals surface area contributed by atoms with E-state index in [0.717, 1.165) is 17.5 Å². The molecule has 1 fully saturated rings. The normalized spacial score (nSPS) is 15.9. The zero-order chi connectivity index (χ0) is 25.4. The lowest BCUT2D eigenvalue weighted by molar-refractivity contribution is -0.137. The van der Waals surface area contributed by atoms with Crippen LogP contribution in [0, 0.1) is 0 Å². The molecular formula is C24H28ClF3N6O2. The summed E-state index contributed by atoms with van der Waals surface area (Å²) in [7, 11) is 0. The zero-order valence-corrected chi connectivity index (χ0v) is 20.8. The first-order valence-electron chi connectivity index (χ1n) is 11.1. The number of alkyl carbamates (subject to hydrolysis) is 1. The van der Waals surface area contributed by atoms with E-state index in [1.54, 1.807) is 26.8 Å². The van der Waals surface area contributed by atoms with E-state index in [1.807, 2.05) is 23.1 Å². The molecule has 36 heavy (non-hydrogen) atoms. The van der Waals surface area contributed by atoms with Gasteiger partial charge in [0, 0.05) is 29.9 Å². The number of carbonyl (C=O) groups excluding carboxylic acids is 1. The molecule has 1 aliphatic rings. The summed E-state index contributed by atoms with van der Waals surface area (Å²) in [5, 5.41) is 6.54. The van der Waals surface area contributed by atoms with E-state index in [0.29, 0.717) is 30.8 Å². The van der Waals surface area contributed by atoms with Crippen LogP contribution in [0.5, 0.6) is 0 Å². The molecule has 0 radical (unpaired) electrons. The molecule has 8 nitrogen and oxygen atoms in total. The highest BCUT2D eigenvalue weighted by Gasteiger charge is 2.31. The van der Waals surface area contributed by atoms with E-state index < -0.39 is 23.4 Å². The minimum atomic E-state index is -4.53. The van der Waals surface area contributed by atoms with Crippen molar-refractivity contribution in [2.24, 2.45) is 0 Å². The highest BCUT2D eigenvalue weighted by atomic mass is 35.5. The Labute approximate surface area is 212 Å². The van der Waals surface area contributed by atoms with Gasteiger partial charge in [0.15, 0.2) is 0 Å². The van der Waals surface area contributed by atoms with E-state index in [-0.39, 0.29) is 35.8 Å². The number of aromatic nitrogens is 2. The van der Waals surface area contributed by atoms with E-state index >= 15 is 0 Å². The summed E-state index contributed by atoms with van der Waals surface area (Å²) in [6, 6.07) is 10.5. The number of halogens is 4. The topological polar surface area (TPSA) is 105 Å². The number of anilines is 4. The lowest BCUT2D eigenvalue weighted by Gasteiger charge is -2.23. The number of nitrogen functional groups attached to an aromatic ring is 1. The van der Waals surface area contributed by atoms with Gasteiger partial charge in [-0.2, -0.15) is 18.2 Å². The number of rotatable bonds is 4. The van der Waals surface area contributed by atoms with Crippen molar-refractivity contribution in [1.29, 1.82) is 0 Å². The van der Waals surface area contributed by atoms with Crippen molar-refractivity contribution in [3.05, 3.63) is 48.0 Å². The van der Waals surface area contributed by atoms with Crippen LogP contribution in [0.1, 0.15) is 32.8 Å². The number of carbonyl (C=O) groups is 1. The van der Waals surface area contributed by atoms with Crippen LogP contribution in [0.25, 0.3) is 10.9 Å². The fraction of sp³-hybridized carbons (Fsp3) is 0.375. The highest BCUT2D eigenvalue weighted by Crippen LogP contribution is 2.34. The van der Waals surface area contributed by atoms with Gasteiger partial charge in [0.25, 0.3) is 0 Å². The van der Waals surface area contributed by atoms with Crippen LogP contribution in [0.15, 0.2) is 42.5 Å². The molecule has 1 aromatic heterocycles. The lowest BCUT2D eigenvalue weighted by Crippen LogP contribution is -2.40. The number of para-hydroxylation sites is 1. The molecule has 1 amide bonds. The number of nitrogens with one attached hydrogen (secondary N) is 2. The maximum Gasteiger partial charge on any atom is 0.416 e. The molecule has 2 aromatic carbocycles. The molecule has 4 rings (SSSR count). The number of fused-ring (bicyclic) bond motifs is 1. The third-order valence-corrected chi connectivity index (χ3v) is 5.33. The van der Waals surface area contributed by atoms with Gasteiger partial charge in [0.05, 0.1) is 17.1 Å². The Balaban J connectivity index is 0.00000361. The molecule has 0 aliphatic carbocycles. The average Bonchev–Trinajstić information content (AvgIpc) is 3.19. The van der Waals surface area contributed by atoms with Crippen LogP contribution in [0.4, 0.5) is 41.1 Å². The zero-order valence-electron chi connectivity index (χ0n) is 20.0. The minimum Gasteiger partial charge on any atom is -0.444 e. The lowest BCUT2D eigenvalue weighted by atomic mass is 10.1. The van der Waals surface area contributed by atoms with Crippen molar-refractivity contribution in [1.82, 2.24) is 15.3 Å². The Kier molecular flexibility index (Phi) is 7.73. The van der Waals surface area contributed by atoms with Crippen LogP contribution in [0.3, 0.4) is 0 Å². The van der Waals surface area contributed by atoms with Gasteiger partial charge in [-0.1, -0.05) is 12.1 Å². The van der Waals surface area contributed by atoms with Crippen molar-refractivity contribution < 1.29 is 22.7 Å². The monoisotopic (exact) mass is 524 g/mol. The second-order valence-corrected chi connectivity index (χ2v) is 9.43. The molecule has 3 aromatic rings. The Hall–Kier alpha value is -3.47. The number of alkyl halides is 3. The number of nitrogens with two attached hydrogens (primary N) is 1. The summed E-state index contributed by atoms with van der Waals surface area (Å²) in [6.45, 7) is 6.51. The number of ether oxygens (including phenoxy) is 1. The van der Waals surface area contributed by atoms with Gasteiger partial charge in [0.1, 0.15) is 11.4 Å². The second-order valence-electron chi connectivity index (χ2n) is 9.43. The van der Waals surface area contributed by atoms with Crippen molar-refractivity contribution in [2.45, 2.75) is 45.0 Å².